The van der Waals surface area contributed by atoms with Gasteiger partial charge in [0.25, 0.3) is 0 Å². The lowest BCUT2D eigenvalue weighted by Gasteiger charge is -2.30. The molecule has 1 amide bonds. The van der Waals surface area contributed by atoms with Crippen molar-refractivity contribution in [3.05, 3.63) is 16.5 Å². The molecule has 104 valence electrons. The summed E-state index contributed by atoms with van der Waals surface area (Å²) in [6.07, 6.45) is 3.39. The minimum atomic E-state index is -0.529. The van der Waals surface area contributed by atoms with Crippen molar-refractivity contribution >= 4 is 34.9 Å². The van der Waals surface area contributed by atoms with Gasteiger partial charge in [0.15, 0.2) is 0 Å². The van der Waals surface area contributed by atoms with Gasteiger partial charge in [-0.1, -0.05) is 19.0 Å². The van der Waals surface area contributed by atoms with Crippen LogP contribution in [0, 0.1) is 5.41 Å². The maximum absolute atomic E-state index is 11.2. The Kier molecular flexibility index (Phi) is 4.20. The summed E-state index contributed by atoms with van der Waals surface area (Å²) in [5.74, 6) is 0. The minimum Gasteiger partial charge on any atom is -0.323 e. The molecule has 2 rings (SSSR count). The zero-order valence-corrected chi connectivity index (χ0v) is 13.2. The van der Waals surface area contributed by atoms with E-state index >= 15 is 0 Å². The van der Waals surface area contributed by atoms with Crippen LogP contribution >= 0.6 is 23.1 Å². The highest BCUT2D eigenvalue weighted by atomic mass is 32.2. The summed E-state index contributed by atoms with van der Waals surface area (Å²) < 4.78 is 1.24. The van der Waals surface area contributed by atoms with Crippen LogP contribution in [-0.4, -0.2) is 25.1 Å². The molecule has 4 nitrogen and oxygen atoms in total. The van der Waals surface area contributed by atoms with E-state index in [0.717, 1.165) is 18.6 Å². The summed E-state index contributed by atoms with van der Waals surface area (Å²) in [6, 6.07) is 0. The van der Waals surface area contributed by atoms with E-state index in [0.29, 0.717) is 0 Å². The summed E-state index contributed by atoms with van der Waals surface area (Å²) in [5.41, 5.74) is 3.50. The van der Waals surface area contributed by atoms with E-state index in [-0.39, 0.29) is 5.41 Å². The van der Waals surface area contributed by atoms with Crippen LogP contribution in [0.15, 0.2) is 14.7 Å². The van der Waals surface area contributed by atoms with E-state index < -0.39 is 6.09 Å². The van der Waals surface area contributed by atoms with Gasteiger partial charge in [-0.05, 0) is 35.5 Å². The number of thioether (sulfide) groups is 1. The number of hydrogen-bond acceptors (Lipinski definition) is 5. The first-order valence-electron chi connectivity index (χ1n) is 6.07. The predicted molar refractivity (Wildman–Crippen MR) is 80.3 cm³/mol. The van der Waals surface area contributed by atoms with Gasteiger partial charge >= 0.3 is 6.09 Å². The molecule has 0 radical (unpaired) electrons. The van der Waals surface area contributed by atoms with E-state index in [1.807, 2.05) is 0 Å². The van der Waals surface area contributed by atoms with Crippen LogP contribution in [0.3, 0.4) is 0 Å². The molecule has 0 aromatic carbocycles. The SMILES string of the molecule is CNC(=O)O/N=C1/CC(C)(C)Cc2csc(SC)c21. The number of hydrogen-bond donors (Lipinski definition) is 1. The van der Waals surface area contributed by atoms with E-state index in [2.05, 4.69) is 36.0 Å². The number of rotatable bonds is 2. The van der Waals surface area contributed by atoms with Crippen molar-refractivity contribution in [2.24, 2.45) is 10.6 Å². The monoisotopic (exact) mass is 298 g/mol. The Morgan fingerprint density at radius 2 is 2.26 bits per heavy atom. The predicted octanol–water partition coefficient (Wildman–Crippen LogP) is 3.50. The molecule has 6 heteroatoms. The molecule has 1 aliphatic rings. The van der Waals surface area contributed by atoms with Gasteiger partial charge in [0.05, 0.1) is 9.92 Å². The minimum absolute atomic E-state index is 0.147. The highest BCUT2D eigenvalue weighted by Crippen LogP contribution is 2.42. The smallest absolute Gasteiger partial charge is 0.323 e. The first-order chi connectivity index (χ1) is 8.96. The van der Waals surface area contributed by atoms with E-state index in [9.17, 15) is 4.79 Å². The molecule has 0 unspecified atom stereocenters. The van der Waals surface area contributed by atoms with Crippen molar-refractivity contribution in [3.8, 4) is 0 Å². The van der Waals surface area contributed by atoms with Crippen molar-refractivity contribution in [1.29, 1.82) is 0 Å². The van der Waals surface area contributed by atoms with Gasteiger partial charge in [-0.25, -0.2) is 4.79 Å². The first kappa shape index (κ1) is 14.4. The van der Waals surface area contributed by atoms with Gasteiger partial charge in [-0.15, -0.1) is 23.1 Å². The molecule has 0 aliphatic heterocycles. The lowest BCUT2D eigenvalue weighted by Crippen LogP contribution is -2.27. The van der Waals surface area contributed by atoms with Gasteiger partial charge in [-0.2, -0.15) is 0 Å². The Balaban J connectivity index is 2.37. The third-order valence-electron chi connectivity index (χ3n) is 3.07. The second-order valence-corrected chi connectivity index (χ2v) is 7.27. The Bertz CT molecular complexity index is 521. The molecule has 0 saturated heterocycles. The van der Waals surface area contributed by atoms with E-state index in [4.69, 9.17) is 4.84 Å². The zero-order valence-electron chi connectivity index (χ0n) is 11.6. The third-order valence-corrected chi connectivity index (χ3v) is 5.25. The van der Waals surface area contributed by atoms with Crippen LogP contribution in [0.4, 0.5) is 4.79 Å². The maximum atomic E-state index is 11.2. The molecule has 0 spiro atoms. The Hall–Kier alpha value is -1.01. The highest BCUT2D eigenvalue weighted by Gasteiger charge is 2.32. The standard InChI is InChI=1S/C13H18N2O2S2/c1-13(2)5-8-7-19-11(18-4)10(8)9(6-13)15-17-12(16)14-3/h7H,5-6H2,1-4H3,(H,14,16)/b15-9-. The lowest BCUT2D eigenvalue weighted by molar-refractivity contribution is 0.152. The number of nitrogens with zero attached hydrogens (tertiary/aromatic N) is 1. The van der Waals surface area contributed by atoms with Gasteiger partial charge < -0.3 is 5.32 Å². The molecule has 0 bridgehead atoms. The zero-order chi connectivity index (χ0) is 14.0. The van der Waals surface area contributed by atoms with Crippen LogP contribution in [0.5, 0.6) is 0 Å². The van der Waals surface area contributed by atoms with E-state index in [1.54, 1.807) is 23.1 Å². The van der Waals surface area contributed by atoms with Crippen LogP contribution < -0.4 is 5.32 Å². The molecule has 1 heterocycles. The Morgan fingerprint density at radius 3 is 2.89 bits per heavy atom. The average Bonchev–Trinajstić information content (AvgIpc) is 2.76. The Morgan fingerprint density at radius 1 is 1.53 bits per heavy atom. The van der Waals surface area contributed by atoms with Gasteiger partial charge in [0, 0.05) is 12.6 Å². The molecule has 1 aromatic heterocycles. The van der Waals surface area contributed by atoms with Gasteiger partial charge in [0.2, 0.25) is 0 Å². The number of nitrogens with one attached hydrogen (secondary N) is 1. The van der Waals surface area contributed by atoms with Crippen LogP contribution in [-0.2, 0) is 11.3 Å². The third kappa shape index (κ3) is 3.12. The van der Waals surface area contributed by atoms with Crippen molar-refractivity contribution in [3.63, 3.8) is 0 Å². The molecular formula is C13H18N2O2S2. The normalized spacial score (nSPS) is 19.1. The molecule has 0 fully saturated rings. The molecule has 1 aliphatic carbocycles. The molecular weight excluding hydrogens is 280 g/mol. The molecule has 19 heavy (non-hydrogen) atoms. The van der Waals surface area contributed by atoms with Crippen molar-refractivity contribution in [2.75, 3.05) is 13.3 Å². The fourth-order valence-corrected chi connectivity index (χ4v) is 4.10. The van der Waals surface area contributed by atoms with Crippen molar-refractivity contribution in [2.45, 2.75) is 30.9 Å². The number of oxime groups is 1. The first-order valence-corrected chi connectivity index (χ1v) is 8.17. The molecule has 1 N–H and O–H groups in total. The topological polar surface area (TPSA) is 50.7 Å². The number of carbonyl (C=O) groups is 1. The van der Waals surface area contributed by atoms with E-state index in [1.165, 1.54) is 22.4 Å². The fraction of sp³-hybridized carbons (Fsp3) is 0.538. The quantitative estimate of drug-likeness (QED) is 0.516. The molecule has 0 saturated carbocycles. The van der Waals surface area contributed by atoms with Crippen LogP contribution in [0.1, 0.15) is 31.4 Å². The molecule has 0 atom stereocenters. The summed E-state index contributed by atoms with van der Waals surface area (Å²) >= 11 is 3.45. The van der Waals surface area contributed by atoms with Crippen molar-refractivity contribution < 1.29 is 9.63 Å². The second kappa shape index (κ2) is 5.54. The van der Waals surface area contributed by atoms with Crippen molar-refractivity contribution in [1.82, 2.24) is 5.32 Å². The summed E-state index contributed by atoms with van der Waals surface area (Å²) in [5, 5.41) is 8.66. The second-order valence-electron chi connectivity index (χ2n) is 5.31. The highest BCUT2D eigenvalue weighted by molar-refractivity contribution is 8.00. The number of fused-ring (bicyclic) bond motifs is 1. The largest absolute Gasteiger partial charge is 0.433 e. The lowest BCUT2D eigenvalue weighted by atomic mass is 9.75. The summed E-state index contributed by atoms with van der Waals surface area (Å²) in [6.45, 7) is 4.42. The van der Waals surface area contributed by atoms with Gasteiger partial charge in [-0.3, -0.25) is 4.84 Å². The Labute approximate surface area is 121 Å². The average molecular weight is 298 g/mol. The summed E-state index contributed by atoms with van der Waals surface area (Å²) in [7, 11) is 1.52. The number of thiophene rings is 1. The fourth-order valence-electron chi connectivity index (χ4n) is 2.30. The summed E-state index contributed by atoms with van der Waals surface area (Å²) in [4.78, 5) is 16.1. The van der Waals surface area contributed by atoms with Crippen LogP contribution in [0.25, 0.3) is 0 Å². The number of amides is 1. The molecule has 1 aromatic rings. The maximum Gasteiger partial charge on any atom is 0.433 e. The van der Waals surface area contributed by atoms with Gasteiger partial charge in [0.1, 0.15) is 0 Å². The number of carbonyl (C=O) groups excluding carboxylic acids is 1. The van der Waals surface area contributed by atoms with Crippen LogP contribution in [0.2, 0.25) is 0 Å².